The average Bonchev–Trinajstić information content (AvgIpc) is 2.60. The molecule has 0 aliphatic carbocycles. The van der Waals surface area contributed by atoms with Gasteiger partial charge in [-0.15, -0.1) is 0 Å². The Kier molecular flexibility index (Phi) is 5.69. The van der Waals surface area contributed by atoms with Gasteiger partial charge >= 0.3 is 0 Å². The molecular weight excluding hydrogens is 302 g/mol. The van der Waals surface area contributed by atoms with Gasteiger partial charge in [0, 0.05) is 19.2 Å². The molecule has 0 heterocycles. The first-order valence-corrected chi connectivity index (χ1v) is 7.58. The predicted molar refractivity (Wildman–Crippen MR) is 91.1 cm³/mol. The van der Waals surface area contributed by atoms with E-state index in [-0.39, 0.29) is 18.4 Å². The Morgan fingerprint density at radius 1 is 1.12 bits per heavy atom. The largest absolute Gasteiger partial charge is 0.343 e. The molecule has 0 aromatic heterocycles. The van der Waals surface area contributed by atoms with Crippen molar-refractivity contribution in [3.05, 3.63) is 70.8 Å². The second-order valence-corrected chi connectivity index (χ2v) is 5.56. The zero-order valence-corrected chi connectivity index (χ0v) is 13.7. The lowest BCUT2D eigenvalue weighted by atomic mass is 10.1. The number of nitrogens with zero attached hydrogens (tertiary/aromatic N) is 2. The molecule has 122 valence electrons. The third-order valence-corrected chi connectivity index (χ3v) is 3.72. The highest BCUT2D eigenvalue weighted by Gasteiger charge is 2.13. The summed E-state index contributed by atoms with van der Waals surface area (Å²) in [5, 5.41) is 11.4. The number of amides is 2. The van der Waals surface area contributed by atoms with Crippen LogP contribution < -0.4 is 5.32 Å². The molecule has 0 bridgehead atoms. The normalized spacial score (nSPS) is 9.88. The van der Waals surface area contributed by atoms with Crippen molar-refractivity contribution in [2.75, 3.05) is 13.6 Å². The molecule has 0 fully saturated rings. The van der Waals surface area contributed by atoms with Crippen LogP contribution in [-0.4, -0.2) is 30.3 Å². The number of nitrogens with one attached hydrogen (secondary N) is 1. The Balaban J connectivity index is 1.88. The Morgan fingerprint density at radius 3 is 2.42 bits per heavy atom. The first-order chi connectivity index (χ1) is 11.5. The van der Waals surface area contributed by atoms with Crippen LogP contribution in [0.4, 0.5) is 0 Å². The van der Waals surface area contributed by atoms with E-state index in [0.717, 1.165) is 11.1 Å². The minimum Gasteiger partial charge on any atom is -0.343 e. The summed E-state index contributed by atoms with van der Waals surface area (Å²) in [4.78, 5) is 25.8. The molecule has 24 heavy (non-hydrogen) atoms. The fourth-order valence-electron chi connectivity index (χ4n) is 2.26. The lowest BCUT2D eigenvalue weighted by Gasteiger charge is -2.18. The van der Waals surface area contributed by atoms with Crippen LogP contribution in [0.15, 0.2) is 48.5 Å². The van der Waals surface area contributed by atoms with Crippen LogP contribution >= 0.6 is 0 Å². The number of likely N-dealkylation sites (N-methyl/N-ethyl adjacent to an activating group) is 1. The number of aryl methyl sites for hydroxylation is 1. The zero-order valence-electron chi connectivity index (χ0n) is 13.7. The van der Waals surface area contributed by atoms with E-state index >= 15 is 0 Å². The van der Waals surface area contributed by atoms with Gasteiger partial charge in [-0.3, -0.25) is 9.59 Å². The highest BCUT2D eigenvalue weighted by Crippen LogP contribution is 2.07. The van der Waals surface area contributed by atoms with Crippen molar-refractivity contribution in [3.63, 3.8) is 0 Å². The Morgan fingerprint density at radius 2 is 1.79 bits per heavy atom. The monoisotopic (exact) mass is 321 g/mol. The van der Waals surface area contributed by atoms with Crippen LogP contribution in [0.25, 0.3) is 0 Å². The van der Waals surface area contributed by atoms with Crippen LogP contribution in [0.5, 0.6) is 0 Å². The van der Waals surface area contributed by atoms with Crippen molar-refractivity contribution < 1.29 is 9.59 Å². The maximum atomic E-state index is 12.2. The molecule has 2 aromatic carbocycles. The average molecular weight is 321 g/mol. The van der Waals surface area contributed by atoms with E-state index in [9.17, 15) is 9.59 Å². The van der Waals surface area contributed by atoms with Gasteiger partial charge in [0.15, 0.2) is 0 Å². The van der Waals surface area contributed by atoms with Crippen molar-refractivity contribution in [1.29, 1.82) is 5.26 Å². The van der Waals surface area contributed by atoms with Gasteiger partial charge in [0.1, 0.15) is 0 Å². The molecule has 2 rings (SSSR count). The van der Waals surface area contributed by atoms with Crippen LogP contribution in [-0.2, 0) is 11.3 Å². The molecule has 0 atom stereocenters. The summed E-state index contributed by atoms with van der Waals surface area (Å²) in [5.74, 6) is -0.436. The summed E-state index contributed by atoms with van der Waals surface area (Å²) in [6.07, 6.45) is 0. The summed E-state index contributed by atoms with van der Waals surface area (Å²) >= 11 is 0. The quantitative estimate of drug-likeness (QED) is 0.918. The van der Waals surface area contributed by atoms with Crippen molar-refractivity contribution in [2.24, 2.45) is 0 Å². The first kappa shape index (κ1) is 17.2. The standard InChI is InChI=1S/C19H19N3O2/c1-14-5-3-4-6-17(14)19(24)21-12-18(23)22(2)13-16-9-7-15(11-20)8-10-16/h3-10H,12-13H2,1-2H3,(H,21,24). The van der Waals surface area contributed by atoms with Gasteiger partial charge in [-0.25, -0.2) is 0 Å². The highest BCUT2D eigenvalue weighted by atomic mass is 16.2. The van der Waals surface area contributed by atoms with Gasteiger partial charge in [0.25, 0.3) is 5.91 Å². The van der Waals surface area contributed by atoms with Gasteiger partial charge in [-0.2, -0.15) is 5.26 Å². The van der Waals surface area contributed by atoms with E-state index < -0.39 is 0 Å². The van der Waals surface area contributed by atoms with E-state index in [4.69, 9.17) is 5.26 Å². The minimum atomic E-state index is -0.256. The maximum Gasteiger partial charge on any atom is 0.251 e. The second-order valence-electron chi connectivity index (χ2n) is 5.56. The molecule has 2 amide bonds. The van der Waals surface area contributed by atoms with Gasteiger partial charge in [-0.05, 0) is 36.2 Å². The number of rotatable bonds is 5. The van der Waals surface area contributed by atoms with E-state index in [2.05, 4.69) is 11.4 Å². The molecule has 0 aliphatic rings. The van der Waals surface area contributed by atoms with Crippen molar-refractivity contribution in [1.82, 2.24) is 10.2 Å². The van der Waals surface area contributed by atoms with Gasteiger partial charge in [-0.1, -0.05) is 30.3 Å². The highest BCUT2D eigenvalue weighted by molar-refractivity contribution is 5.97. The van der Waals surface area contributed by atoms with Crippen LogP contribution in [0.1, 0.15) is 27.0 Å². The first-order valence-electron chi connectivity index (χ1n) is 7.58. The SMILES string of the molecule is Cc1ccccc1C(=O)NCC(=O)N(C)Cc1ccc(C#N)cc1. The fraction of sp³-hybridized carbons (Fsp3) is 0.211. The van der Waals surface area contributed by atoms with E-state index in [1.54, 1.807) is 36.2 Å². The van der Waals surface area contributed by atoms with Crippen LogP contribution in [0, 0.1) is 18.3 Å². The van der Waals surface area contributed by atoms with E-state index in [1.807, 2.05) is 31.2 Å². The van der Waals surface area contributed by atoms with Gasteiger partial charge < -0.3 is 10.2 Å². The van der Waals surface area contributed by atoms with Crippen molar-refractivity contribution in [2.45, 2.75) is 13.5 Å². The summed E-state index contributed by atoms with van der Waals surface area (Å²) in [6.45, 7) is 2.22. The van der Waals surface area contributed by atoms with Crippen LogP contribution in [0.3, 0.4) is 0 Å². The lowest BCUT2D eigenvalue weighted by Crippen LogP contribution is -2.38. The number of carbonyl (C=O) groups is 2. The van der Waals surface area contributed by atoms with Crippen molar-refractivity contribution in [3.8, 4) is 6.07 Å². The smallest absolute Gasteiger partial charge is 0.251 e. The predicted octanol–water partition coefficient (Wildman–Crippen LogP) is 2.26. The second kappa shape index (κ2) is 7.93. The number of carbonyl (C=O) groups excluding carboxylic acids is 2. The summed E-state index contributed by atoms with van der Waals surface area (Å²) in [5.41, 5.74) is 2.95. The van der Waals surface area contributed by atoms with E-state index in [1.165, 1.54) is 0 Å². The van der Waals surface area contributed by atoms with Crippen molar-refractivity contribution >= 4 is 11.8 Å². The molecule has 0 saturated heterocycles. The zero-order chi connectivity index (χ0) is 17.5. The summed E-state index contributed by atoms with van der Waals surface area (Å²) in [7, 11) is 1.68. The topological polar surface area (TPSA) is 73.2 Å². The molecule has 5 nitrogen and oxygen atoms in total. The molecule has 2 aromatic rings. The number of nitriles is 1. The molecule has 0 radical (unpaired) electrons. The Bertz CT molecular complexity index is 776. The molecule has 5 heteroatoms. The molecular formula is C19H19N3O2. The molecule has 0 saturated carbocycles. The Hall–Kier alpha value is -3.13. The molecule has 0 aliphatic heterocycles. The molecule has 0 spiro atoms. The summed E-state index contributed by atoms with van der Waals surface area (Å²) in [6, 6.07) is 16.4. The number of hydrogen-bond donors (Lipinski definition) is 1. The fourth-order valence-corrected chi connectivity index (χ4v) is 2.26. The minimum absolute atomic E-state index is 0.0556. The van der Waals surface area contributed by atoms with Crippen LogP contribution in [0.2, 0.25) is 0 Å². The third-order valence-electron chi connectivity index (χ3n) is 3.72. The van der Waals surface area contributed by atoms with E-state index in [0.29, 0.717) is 17.7 Å². The summed E-state index contributed by atoms with van der Waals surface area (Å²) < 4.78 is 0. The third kappa shape index (κ3) is 4.43. The van der Waals surface area contributed by atoms with Gasteiger partial charge in [0.05, 0.1) is 18.2 Å². The Labute approximate surface area is 141 Å². The lowest BCUT2D eigenvalue weighted by molar-refractivity contribution is -0.129. The number of hydrogen-bond acceptors (Lipinski definition) is 3. The van der Waals surface area contributed by atoms with Gasteiger partial charge in [0.2, 0.25) is 5.91 Å². The molecule has 0 unspecified atom stereocenters. The maximum absolute atomic E-state index is 12.2. The molecule has 1 N–H and O–H groups in total. The number of benzene rings is 2.